The number of nitrogens with one attached hydrogen (secondary N) is 2. The van der Waals surface area contributed by atoms with E-state index < -0.39 is 16.1 Å². The van der Waals surface area contributed by atoms with E-state index in [1.165, 1.54) is 0 Å². The van der Waals surface area contributed by atoms with Crippen LogP contribution in [0.5, 0.6) is 0 Å². The number of amides is 1. The zero-order valence-corrected chi connectivity index (χ0v) is 16.0. The summed E-state index contributed by atoms with van der Waals surface area (Å²) < 4.78 is 25.7. The van der Waals surface area contributed by atoms with Crippen molar-refractivity contribution >= 4 is 44.8 Å². The number of carbonyl (C=O) groups is 1. The van der Waals surface area contributed by atoms with Crippen LogP contribution in [-0.2, 0) is 14.8 Å². The molecule has 25 heavy (non-hydrogen) atoms. The molecule has 0 fully saturated rings. The van der Waals surface area contributed by atoms with Crippen LogP contribution in [-0.4, -0.2) is 20.6 Å². The molecule has 134 valence electrons. The number of rotatable bonds is 6. The maximum absolute atomic E-state index is 12.4. The quantitative estimate of drug-likeness (QED) is 0.771. The smallest absolute Gasteiger partial charge is 0.226 e. The first-order valence-corrected chi connectivity index (χ1v) is 10.1. The average molecular weight is 401 g/mol. The van der Waals surface area contributed by atoms with Gasteiger partial charge in [0.2, 0.25) is 15.9 Å². The molecule has 0 bridgehead atoms. The molecule has 0 radical (unpaired) electrons. The summed E-state index contributed by atoms with van der Waals surface area (Å²) in [5.74, 6) is -0.332. The van der Waals surface area contributed by atoms with Gasteiger partial charge in [-0.25, -0.2) is 13.1 Å². The molecule has 0 aliphatic heterocycles. The Morgan fingerprint density at radius 2 is 1.68 bits per heavy atom. The molecule has 1 amide bonds. The van der Waals surface area contributed by atoms with Crippen molar-refractivity contribution in [3.05, 3.63) is 63.6 Å². The van der Waals surface area contributed by atoms with Gasteiger partial charge in [-0.15, -0.1) is 0 Å². The third-order valence-electron chi connectivity index (χ3n) is 3.49. The van der Waals surface area contributed by atoms with Crippen LogP contribution in [0, 0.1) is 6.92 Å². The van der Waals surface area contributed by atoms with E-state index in [1.54, 1.807) is 42.5 Å². The lowest BCUT2D eigenvalue weighted by Crippen LogP contribution is -2.30. The molecule has 2 N–H and O–H groups in total. The van der Waals surface area contributed by atoms with Crippen molar-refractivity contribution < 1.29 is 13.2 Å². The van der Waals surface area contributed by atoms with E-state index in [2.05, 4.69) is 10.0 Å². The number of halogens is 2. The van der Waals surface area contributed by atoms with Gasteiger partial charge in [-0.1, -0.05) is 41.4 Å². The van der Waals surface area contributed by atoms with Crippen molar-refractivity contribution in [3.63, 3.8) is 0 Å². The minimum absolute atomic E-state index is 0.0688. The fourth-order valence-electron chi connectivity index (χ4n) is 2.30. The highest BCUT2D eigenvalue weighted by Gasteiger charge is 2.20. The van der Waals surface area contributed by atoms with Gasteiger partial charge in [0.15, 0.2) is 0 Å². The van der Waals surface area contributed by atoms with E-state index in [0.717, 1.165) is 11.8 Å². The predicted octanol–water partition coefficient (Wildman–Crippen LogP) is 3.92. The van der Waals surface area contributed by atoms with Gasteiger partial charge in [0.25, 0.3) is 0 Å². The van der Waals surface area contributed by atoms with Crippen LogP contribution in [0.3, 0.4) is 0 Å². The van der Waals surface area contributed by atoms with E-state index >= 15 is 0 Å². The second kappa shape index (κ2) is 8.19. The molecule has 0 spiro atoms. The van der Waals surface area contributed by atoms with E-state index in [-0.39, 0.29) is 12.3 Å². The van der Waals surface area contributed by atoms with Gasteiger partial charge in [0.1, 0.15) is 0 Å². The van der Waals surface area contributed by atoms with Crippen LogP contribution in [0.2, 0.25) is 10.0 Å². The summed E-state index contributed by atoms with van der Waals surface area (Å²) in [5, 5.41) is 3.80. The van der Waals surface area contributed by atoms with Crippen LogP contribution >= 0.6 is 23.2 Å². The van der Waals surface area contributed by atoms with Crippen LogP contribution in [0.4, 0.5) is 5.69 Å². The minimum Gasteiger partial charge on any atom is -0.326 e. The van der Waals surface area contributed by atoms with E-state index in [4.69, 9.17) is 23.2 Å². The van der Waals surface area contributed by atoms with Crippen LogP contribution in [0.1, 0.15) is 23.6 Å². The van der Waals surface area contributed by atoms with Crippen LogP contribution in [0.15, 0.2) is 42.5 Å². The van der Waals surface area contributed by atoms with Gasteiger partial charge >= 0.3 is 0 Å². The monoisotopic (exact) mass is 400 g/mol. The summed E-state index contributed by atoms with van der Waals surface area (Å²) in [6, 6.07) is 11.1. The molecule has 0 aliphatic rings. The molecule has 2 aromatic rings. The number of hydrogen-bond acceptors (Lipinski definition) is 3. The Hall–Kier alpha value is -1.60. The van der Waals surface area contributed by atoms with Gasteiger partial charge in [0, 0.05) is 22.2 Å². The van der Waals surface area contributed by atoms with E-state index in [9.17, 15) is 13.2 Å². The number of hydrogen-bond donors (Lipinski definition) is 2. The summed E-state index contributed by atoms with van der Waals surface area (Å²) in [6.45, 7) is 1.84. The second-order valence-corrected chi connectivity index (χ2v) is 8.36. The van der Waals surface area contributed by atoms with Gasteiger partial charge in [-0.05, 0) is 42.3 Å². The van der Waals surface area contributed by atoms with Gasteiger partial charge in [0.05, 0.1) is 12.3 Å². The van der Waals surface area contributed by atoms with Gasteiger partial charge < -0.3 is 5.32 Å². The van der Waals surface area contributed by atoms with Crippen molar-refractivity contribution in [3.8, 4) is 0 Å². The van der Waals surface area contributed by atoms with Crippen molar-refractivity contribution in [2.45, 2.75) is 19.4 Å². The Morgan fingerprint density at radius 1 is 1.08 bits per heavy atom. The highest BCUT2D eigenvalue weighted by molar-refractivity contribution is 7.88. The summed E-state index contributed by atoms with van der Waals surface area (Å²) >= 11 is 11.8. The molecule has 1 atom stereocenters. The fourth-order valence-corrected chi connectivity index (χ4v) is 3.33. The van der Waals surface area contributed by atoms with Gasteiger partial charge in [-0.2, -0.15) is 0 Å². The van der Waals surface area contributed by atoms with Crippen LogP contribution in [0.25, 0.3) is 0 Å². The Labute approximate surface area is 157 Å². The maximum atomic E-state index is 12.4. The fraction of sp³-hybridized carbons (Fsp3) is 0.235. The van der Waals surface area contributed by atoms with E-state index in [0.29, 0.717) is 21.3 Å². The zero-order chi connectivity index (χ0) is 18.6. The molecule has 2 aromatic carbocycles. The third kappa shape index (κ3) is 6.32. The highest BCUT2D eigenvalue weighted by atomic mass is 35.5. The molecule has 0 saturated heterocycles. The lowest BCUT2D eigenvalue weighted by molar-refractivity contribution is -0.116. The second-order valence-electron chi connectivity index (χ2n) is 5.71. The lowest BCUT2D eigenvalue weighted by atomic mass is 10.0. The van der Waals surface area contributed by atoms with Gasteiger partial charge in [-0.3, -0.25) is 4.79 Å². The van der Waals surface area contributed by atoms with Crippen molar-refractivity contribution in [2.75, 3.05) is 11.6 Å². The van der Waals surface area contributed by atoms with Crippen molar-refractivity contribution in [1.29, 1.82) is 0 Å². The highest BCUT2D eigenvalue weighted by Crippen LogP contribution is 2.23. The van der Waals surface area contributed by atoms with Crippen molar-refractivity contribution in [1.82, 2.24) is 4.72 Å². The molecule has 0 saturated carbocycles. The molecule has 5 nitrogen and oxygen atoms in total. The molecule has 2 rings (SSSR count). The largest absolute Gasteiger partial charge is 0.326 e. The number of benzene rings is 2. The lowest BCUT2D eigenvalue weighted by Gasteiger charge is -2.18. The Balaban J connectivity index is 2.19. The molecular weight excluding hydrogens is 383 g/mol. The molecule has 0 aromatic heterocycles. The predicted molar refractivity (Wildman–Crippen MR) is 102 cm³/mol. The van der Waals surface area contributed by atoms with Crippen molar-refractivity contribution in [2.24, 2.45) is 0 Å². The average Bonchev–Trinajstić information content (AvgIpc) is 2.49. The first-order valence-electron chi connectivity index (χ1n) is 7.43. The maximum Gasteiger partial charge on any atom is 0.226 e. The normalized spacial score (nSPS) is 12.6. The first-order chi connectivity index (χ1) is 11.6. The summed E-state index contributed by atoms with van der Waals surface area (Å²) in [5.41, 5.74) is 2.09. The third-order valence-corrected chi connectivity index (χ3v) is 4.69. The number of anilines is 1. The topological polar surface area (TPSA) is 75.3 Å². The Morgan fingerprint density at radius 3 is 2.28 bits per heavy atom. The number of aryl methyl sites for hydroxylation is 1. The SMILES string of the molecule is Cc1ccc(Cl)cc1NC(=O)C[C@@H](NS(C)(=O)=O)c1ccc(Cl)cc1. The Bertz CT molecular complexity index is 868. The van der Waals surface area contributed by atoms with Crippen LogP contribution < -0.4 is 10.0 Å². The molecule has 0 heterocycles. The summed E-state index contributed by atoms with van der Waals surface area (Å²) in [7, 11) is -3.50. The number of carbonyl (C=O) groups excluding carboxylic acids is 1. The molecule has 0 aliphatic carbocycles. The summed E-state index contributed by atoms with van der Waals surface area (Å²) in [6.07, 6.45) is 0.982. The molecule has 8 heteroatoms. The minimum atomic E-state index is -3.50. The summed E-state index contributed by atoms with van der Waals surface area (Å²) in [4.78, 5) is 12.4. The van der Waals surface area contributed by atoms with E-state index in [1.807, 2.05) is 6.92 Å². The Kier molecular flexibility index (Phi) is 6.46. The first kappa shape index (κ1) is 19.7. The standard InChI is InChI=1S/C17H18Cl2N2O3S/c1-11-3-6-14(19)9-15(11)20-17(22)10-16(21-25(2,23)24)12-4-7-13(18)8-5-12/h3-9,16,21H,10H2,1-2H3,(H,20,22)/t16-/m1/s1. The molecule has 0 unspecified atom stereocenters. The zero-order valence-electron chi connectivity index (χ0n) is 13.7. The molecular formula is C17H18Cl2N2O3S. The number of sulfonamides is 1.